The topological polar surface area (TPSA) is 115 Å². The van der Waals surface area contributed by atoms with Crippen molar-refractivity contribution >= 4 is 23.0 Å². The molecule has 3 aromatic heterocycles. The second-order valence-corrected chi connectivity index (χ2v) is 11.0. The van der Waals surface area contributed by atoms with Crippen LogP contribution in [-0.2, 0) is 13.0 Å². The van der Waals surface area contributed by atoms with Crippen molar-refractivity contribution in [2.75, 3.05) is 13.1 Å². The monoisotopic (exact) mass is 522 g/mol. The van der Waals surface area contributed by atoms with Crippen molar-refractivity contribution in [3.8, 4) is 11.1 Å². The maximum absolute atomic E-state index is 13.5. The van der Waals surface area contributed by atoms with Crippen molar-refractivity contribution in [1.82, 2.24) is 29.7 Å². The van der Waals surface area contributed by atoms with Gasteiger partial charge >= 0.3 is 6.09 Å². The van der Waals surface area contributed by atoms with Gasteiger partial charge in [0.05, 0.1) is 11.6 Å². The van der Waals surface area contributed by atoms with Crippen LogP contribution in [-0.4, -0.2) is 59.9 Å². The second-order valence-electron chi connectivity index (χ2n) is 11.0. The van der Waals surface area contributed by atoms with Gasteiger partial charge in [0, 0.05) is 61.3 Å². The zero-order valence-electron chi connectivity index (χ0n) is 21.9. The van der Waals surface area contributed by atoms with Crippen LogP contribution >= 0.6 is 0 Å². The van der Waals surface area contributed by atoms with Crippen molar-refractivity contribution in [3.63, 3.8) is 0 Å². The minimum Gasteiger partial charge on any atom is -0.465 e. The molecule has 0 unspecified atom stereocenters. The predicted octanol–water partition coefficient (Wildman–Crippen LogP) is 5.22. The van der Waals surface area contributed by atoms with Crippen LogP contribution in [0.25, 0.3) is 22.2 Å². The molecule has 5 heterocycles. The molecular weight excluding hydrogens is 492 g/mol. The number of nitrogens with zero attached hydrogens (tertiary/aromatic N) is 5. The van der Waals surface area contributed by atoms with Crippen LogP contribution in [0.5, 0.6) is 0 Å². The van der Waals surface area contributed by atoms with Gasteiger partial charge in [-0.25, -0.2) is 19.7 Å². The highest BCUT2D eigenvalue weighted by atomic mass is 16.4. The van der Waals surface area contributed by atoms with E-state index in [4.69, 9.17) is 0 Å². The van der Waals surface area contributed by atoms with E-state index in [1.54, 1.807) is 17.3 Å². The van der Waals surface area contributed by atoms with E-state index >= 15 is 0 Å². The van der Waals surface area contributed by atoms with E-state index < -0.39 is 6.09 Å². The van der Waals surface area contributed by atoms with Crippen molar-refractivity contribution in [1.29, 1.82) is 0 Å². The fourth-order valence-corrected chi connectivity index (χ4v) is 6.13. The molecule has 39 heavy (non-hydrogen) atoms. The number of rotatable bonds is 4. The number of likely N-dealkylation sites (tertiary alicyclic amines) is 1. The minimum atomic E-state index is -0.903. The highest BCUT2D eigenvalue weighted by molar-refractivity contribution is 5.94. The summed E-state index contributed by atoms with van der Waals surface area (Å²) in [6, 6.07) is 6.22. The molecule has 2 N–H and O–H groups in total. The third-order valence-electron chi connectivity index (χ3n) is 8.45. The predicted molar refractivity (Wildman–Crippen MR) is 145 cm³/mol. The van der Waals surface area contributed by atoms with Gasteiger partial charge in [0.1, 0.15) is 11.5 Å². The Morgan fingerprint density at radius 2 is 1.82 bits per heavy atom. The quantitative estimate of drug-likeness (QED) is 0.380. The fourth-order valence-electron chi connectivity index (χ4n) is 6.13. The number of fused-ring (bicyclic) bond motifs is 2. The molecular formula is C30H30N6O3. The van der Waals surface area contributed by atoms with Gasteiger partial charge in [-0.05, 0) is 79.0 Å². The summed E-state index contributed by atoms with van der Waals surface area (Å²) in [5.41, 5.74) is 7.72. The Labute approximate surface area is 225 Å². The van der Waals surface area contributed by atoms with Crippen LogP contribution in [0.2, 0.25) is 0 Å². The van der Waals surface area contributed by atoms with Crippen LogP contribution in [0, 0.1) is 6.92 Å². The Morgan fingerprint density at radius 3 is 2.59 bits per heavy atom. The molecule has 1 aromatic carbocycles. The number of aromatic nitrogens is 4. The molecule has 9 nitrogen and oxygen atoms in total. The number of benzene rings is 1. The van der Waals surface area contributed by atoms with Gasteiger partial charge < -0.3 is 19.9 Å². The number of nitrogens with one attached hydrogen (secondary N) is 1. The SMILES string of the molecule is Cc1c[nH]c2ncc(-c3cc4c(c([C@@H]5CCCN5C(=O)O)c3)CN(C(=O)c3cnc(C5CC5)nc3)CC4)cc12. The highest BCUT2D eigenvalue weighted by Crippen LogP contribution is 2.40. The van der Waals surface area contributed by atoms with Crippen molar-refractivity contribution in [3.05, 3.63) is 76.6 Å². The van der Waals surface area contributed by atoms with E-state index in [2.05, 4.69) is 45.1 Å². The Kier molecular flexibility index (Phi) is 5.61. The number of pyridine rings is 1. The lowest BCUT2D eigenvalue weighted by Crippen LogP contribution is -2.37. The standard InChI is InChI=1S/C30H30N6O3/c1-17-12-31-28-23(17)11-21(13-34-28)20-9-19-6-8-35(29(37)22-14-32-27(33-15-22)18-4-5-18)16-25(19)24(10-20)26-3-2-7-36(26)30(38)39/h9-15,18,26H,2-8,16H2,1H3,(H,31,34)(H,38,39)/t26-/m0/s1. The second kappa shape index (κ2) is 9.18. The summed E-state index contributed by atoms with van der Waals surface area (Å²) in [6.45, 7) is 3.59. The Balaban J connectivity index is 1.27. The zero-order valence-corrected chi connectivity index (χ0v) is 21.9. The Hall–Kier alpha value is -4.27. The maximum atomic E-state index is 13.5. The lowest BCUT2D eigenvalue weighted by Gasteiger charge is -2.33. The lowest BCUT2D eigenvalue weighted by atomic mass is 9.86. The van der Waals surface area contributed by atoms with Gasteiger partial charge in [-0.3, -0.25) is 4.79 Å². The van der Waals surface area contributed by atoms with Crippen LogP contribution < -0.4 is 0 Å². The molecule has 7 rings (SSSR count). The van der Waals surface area contributed by atoms with Crippen LogP contribution in [0.4, 0.5) is 4.79 Å². The Morgan fingerprint density at radius 1 is 1.00 bits per heavy atom. The van der Waals surface area contributed by atoms with Crippen LogP contribution in [0.1, 0.15) is 76.1 Å². The number of carboxylic acid groups (broad SMARTS) is 1. The molecule has 1 atom stereocenters. The van der Waals surface area contributed by atoms with Gasteiger partial charge in [0.2, 0.25) is 0 Å². The van der Waals surface area contributed by atoms with Crippen LogP contribution in [0.3, 0.4) is 0 Å². The summed E-state index contributed by atoms with van der Waals surface area (Å²) in [5.74, 6) is 1.17. The first-order chi connectivity index (χ1) is 19.0. The number of amides is 2. The third-order valence-corrected chi connectivity index (χ3v) is 8.45. The first-order valence-corrected chi connectivity index (χ1v) is 13.7. The molecule has 0 radical (unpaired) electrons. The highest BCUT2D eigenvalue weighted by Gasteiger charge is 2.34. The molecule has 3 aliphatic rings. The lowest BCUT2D eigenvalue weighted by molar-refractivity contribution is 0.0731. The number of hydrogen-bond donors (Lipinski definition) is 2. The van der Waals surface area contributed by atoms with Crippen molar-refractivity contribution in [2.45, 2.75) is 57.5 Å². The molecule has 1 saturated carbocycles. The third kappa shape index (κ3) is 4.22. The molecule has 4 aromatic rings. The number of hydrogen-bond acceptors (Lipinski definition) is 5. The summed E-state index contributed by atoms with van der Waals surface area (Å²) in [5, 5.41) is 11.0. The van der Waals surface area contributed by atoms with E-state index in [1.165, 1.54) is 0 Å². The summed E-state index contributed by atoms with van der Waals surface area (Å²) in [7, 11) is 0. The van der Waals surface area contributed by atoms with Crippen LogP contribution in [0.15, 0.2) is 43.0 Å². The minimum absolute atomic E-state index is 0.0860. The zero-order chi connectivity index (χ0) is 26.7. The van der Waals surface area contributed by atoms with E-state index in [0.717, 1.165) is 75.9 Å². The molecule has 198 valence electrons. The molecule has 1 saturated heterocycles. The van der Waals surface area contributed by atoms with E-state index in [9.17, 15) is 14.7 Å². The van der Waals surface area contributed by atoms with Gasteiger partial charge in [0.15, 0.2) is 0 Å². The van der Waals surface area contributed by atoms with E-state index in [-0.39, 0.29) is 11.9 Å². The van der Waals surface area contributed by atoms with Gasteiger partial charge in [-0.2, -0.15) is 0 Å². The summed E-state index contributed by atoms with van der Waals surface area (Å²) < 4.78 is 0. The largest absolute Gasteiger partial charge is 0.465 e. The fraction of sp³-hybridized carbons (Fsp3) is 0.367. The van der Waals surface area contributed by atoms with Gasteiger partial charge in [0.25, 0.3) is 5.91 Å². The van der Waals surface area contributed by atoms with Crippen molar-refractivity contribution in [2.24, 2.45) is 0 Å². The van der Waals surface area contributed by atoms with Gasteiger partial charge in [-0.1, -0.05) is 6.07 Å². The molecule has 1 aliphatic carbocycles. The average Bonchev–Trinajstić information content (AvgIpc) is 3.58. The average molecular weight is 523 g/mol. The number of aromatic amines is 1. The molecule has 2 aliphatic heterocycles. The summed E-state index contributed by atoms with van der Waals surface area (Å²) in [6.07, 6.45) is 10.7. The first kappa shape index (κ1) is 23.8. The van der Waals surface area contributed by atoms with E-state index in [1.807, 2.05) is 17.3 Å². The number of aryl methyl sites for hydroxylation is 1. The number of carbonyl (C=O) groups excluding carboxylic acids is 1. The first-order valence-electron chi connectivity index (χ1n) is 13.7. The molecule has 2 amide bonds. The number of H-pyrrole nitrogens is 1. The molecule has 0 bridgehead atoms. The smallest absolute Gasteiger partial charge is 0.407 e. The number of carbonyl (C=O) groups is 2. The maximum Gasteiger partial charge on any atom is 0.407 e. The molecule has 2 fully saturated rings. The van der Waals surface area contributed by atoms with Crippen molar-refractivity contribution < 1.29 is 14.7 Å². The molecule has 0 spiro atoms. The van der Waals surface area contributed by atoms with Gasteiger partial charge in [-0.15, -0.1) is 0 Å². The summed E-state index contributed by atoms with van der Waals surface area (Å²) in [4.78, 5) is 45.7. The molecule has 9 heteroatoms. The normalized spacial score (nSPS) is 18.9. The Bertz CT molecular complexity index is 1610. The summed E-state index contributed by atoms with van der Waals surface area (Å²) >= 11 is 0. The van der Waals surface area contributed by atoms with E-state index in [0.29, 0.717) is 37.5 Å².